The molecule has 6 rings (SSSR count). The van der Waals surface area contributed by atoms with Crippen LogP contribution in [0, 0.1) is 5.92 Å². The van der Waals surface area contributed by atoms with E-state index in [1.165, 1.54) is 27.9 Å². The predicted octanol–water partition coefficient (Wildman–Crippen LogP) is 6.50. The van der Waals surface area contributed by atoms with Gasteiger partial charge in [-0.2, -0.15) is 0 Å². The molecular formula is C33H38N2O2. The molecule has 1 heterocycles. The second-order valence-electron chi connectivity index (χ2n) is 11.4. The molecule has 1 saturated carbocycles. The van der Waals surface area contributed by atoms with Crippen LogP contribution in [-0.2, 0) is 11.2 Å². The van der Waals surface area contributed by atoms with Crippen LogP contribution in [-0.4, -0.2) is 41.0 Å². The molecule has 4 heteroatoms. The lowest BCUT2D eigenvalue weighted by molar-refractivity contribution is -0.122. The molecule has 2 atom stereocenters. The summed E-state index contributed by atoms with van der Waals surface area (Å²) in [5, 5.41) is 13.8. The predicted molar refractivity (Wildman–Crippen MR) is 149 cm³/mol. The minimum atomic E-state index is 0.283. The van der Waals surface area contributed by atoms with E-state index in [1.807, 2.05) is 12.1 Å². The van der Waals surface area contributed by atoms with Gasteiger partial charge in [0, 0.05) is 36.7 Å². The molecule has 3 aromatic carbocycles. The molecule has 0 spiro atoms. The summed E-state index contributed by atoms with van der Waals surface area (Å²) in [5.41, 5.74) is 6.52. The summed E-state index contributed by atoms with van der Waals surface area (Å²) in [6, 6.07) is 27.0. The standard InChI is InChI=1S/C33H38N2O2/c1-22(36)23-9-14-29(15-10-23)35-20-28(21-35)34-27-12-7-25(8-13-27)33-31(24-5-3-2-4-6-24)17-11-26-19-30(37)16-18-32(26)33/h2-8,12-13,16,18-19,23,28-29,31,33-34,37H,9-11,14-15,17,20-21H2,1H3. The molecule has 4 nitrogen and oxygen atoms in total. The highest BCUT2D eigenvalue weighted by Crippen LogP contribution is 2.47. The van der Waals surface area contributed by atoms with Gasteiger partial charge < -0.3 is 10.4 Å². The number of anilines is 1. The van der Waals surface area contributed by atoms with E-state index >= 15 is 0 Å². The molecule has 2 unspecified atom stereocenters. The van der Waals surface area contributed by atoms with Crippen molar-refractivity contribution in [2.45, 2.75) is 69.4 Å². The maximum atomic E-state index is 11.7. The molecule has 2 aliphatic carbocycles. The topological polar surface area (TPSA) is 52.6 Å². The van der Waals surface area contributed by atoms with Gasteiger partial charge >= 0.3 is 0 Å². The average molecular weight is 495 g/mol. The normalized spacial score (nSPS) is 26.2. The van der Waals surface area contributed by atoms with Gasteiger partial charge in [-0.15, -0.1) is 0 Å². The zero-order valence-corrected chi connectivity index (χ0v) is 21.8. The number of phenolic OH excluding ortho intramolecular Hbond substituents is 1. The quantitative estimate of drug-likeness (QED) is 0.411. The van der Waals surface area contributed by atoms with Crippen molar-refractivity contribution in [1.29, 1.82) is 0 Å². The molecule has 0 bridgehead atoms. The number of aromatic hydroxyl groups is 1. The van der Waals surface area contributed by atoms with Crippen molar-refractivity contribution in [3.8, 4) is 5.75 Å². The Morgan fingerprint density at radius 1 is 0.865 bits per heavy atom. The Balaban J connectivity index is 1.13. The second-order valence-corrected chi connectivity index (χ2v) is 11.4. The number of rotatable bonds is 6. The molecule has 2 fully saturated rings. The molecule has 192 valence electrons. The monoisotopic (exact) mass is 494 g/mol. The maximum absolute atomic E-state index is 11.7. The summed E-state index contributed by atoms with van der Waals surface area (Å²) in [4.78, 5) is 14.3. The first-order valence-electron chi connectivity index (χ1n) is 14.0. The number of hydrogen-bond acceptors (Lipinski definition) is 4. The Hall–Kier alpha value is -3.11. The van der Waals surface area contributed by atoms with E-state index in [1.54, 1.807) is 6.92 Å². The number of likely N-dealkylation sites (tertiary alicyclic amines) is 1. The molecule has 37 heavy (non-hydrogen) atoms. The van der Waals surface area contributed by atoms with Gasteiger partial charge in [-0.3, -0.25) is 9.69 Å². The SMILES string of the molecule is CC(=O)C1CCC(N2CC(Nc3ccc(C4c5ccc(O)cc5CCC4c4ccccc4)cc3)C2)CC1. The number of fused-ring (bicyclic) bond motifs is 1. The van der Waals surface area contributed by atoms with E-state index in [0.717, 1.165) is 51.6 Å². The van der Waals surface area contributed by atoms with Gasteiger partial charge in [0.2, 0.25) is 0 Å². The summed E-state index contributed by atoms with van der Waals surface area (Å²) in [6.07, 6.45) is 6.52. The highest BCUT2D eigenvalue weighted by Gasteiger charge is 2.36. The van der Waals surface area contributed by atoms with Crippen LogP contribution < -0.4 is 5.32 Å². The number of hydrogen-bond donors (Lipinski definition) is 2. The fourth-order valence-corrected chi connectivity index (χ4v) is 7.05. The van der Waals surface area contributed by atoms with Crippen LogP contribution in [0.15, 0.2) is 72.8 Å². The zero-order valence-electron chi connectivity index (χ0n) is 21.8. The Bertz CT molecular complexity index is 1220. The first kappa shape index (κ1) is 24.2. The Kier molecular flexibility index (Phi) is 6.77. The van der Waals surface area contributed by atoms with Gasteiger partial charge in [0.05, 0.1) is 6.04 Å². The Morgan fingerprint density at radius 2 is 1.59 bits per heavy atom. The van der Waals surface area contributed by atoms with E-state index in [-0.39, 0.29) is 5.92 Å². The smallest absolute Gasteiger partial charge is 0.132 e. The molecule has 0 amide bonds. The summed E-state index contributed by atoms with van der Waals surface area (Å²) in [7, 11) is 0. The lowest BCUT2D eigenvalue weighted by Gasteiger charge is -2.47. The molecule has 1 saturated heterocycles. The van der Waals surface area contributed by atoms with E-state index in [2.05, 4.69) is 70.9 Å². The molecule has 3 aliphatic rings. The van der Waals surface area contributed by atoms with Crippen LogP contribution in [0.2, 0.25) is 0 Å². The molecule has 0 radical (unpaired) electrons. The minimum absolute atomic E-state index is 0.283. The number of ketones is 1. The minimum Gasteiger partial charge on any atom is -0.508 e. The van der Waals surface area contributed by atoms with Gasteiger partial charge in [-0.05, 0) is 97.9 Å². The number of nitrogens with zero attached hydrogens (tertiary/aromatic N) is 1. The zero-order chi connectivity index (χ0) is 25.4. The van der Waals surface area contributed by atoms with Crippen LogP contribution >= 0.6 is 0 Å². The average Bonchev–Trinajstić information content (AvgIpc) is 2.91. The molecule has 0 aromatic heterocycles. The third-order valence-corrected chi connectivity index (χ3v) is 9.15. The van der Waals surface area contributed by atoms with Crippen molar-refractivity contribution in [3.05, 3.63) is 95.1 Å². The molecule has 1 aliphatic heterocycles. The van der Waals surface area contributed by atoms with Crippen molar-refractivity contribution in [1.82, 2.24) is 4.90 Å². The van der Waals surface area contributed by atoms with Crippen molar-refractivity contribution in [2.75, 3.05) is 18.4 Å². The van der Waals surface area contributed by atoms with Crippen molar-refractivity contribution in [3.63, 3.8) is 0 Å². The lowest BCUT2D eigenvalue weighted by Crippen LogP contribution is -2.59. The van der Waals surface area contributed by atoms with Crippen LogP contribution in [0.5, 0.6) is 5.75 Å². The third kappa shape index (κ3) is 5.04. The second kappa shape index (κ2) is 10.3. The summed E-state index contributed by atoms with van der Waals surface area (Å²) in [5.74, 6) is 1.74. The molecule has 2 N–H and O–H groups in total. The highest BCUT2D eigenvalue weighted by atomic mass is 16.3. The van der Waals surface area contributed by atoms with Crippen LogP contribution in [0.1, 0.15) is 73.1 Å². The van der Waals surface area contributed by atoms with Crippen LogP contribution in [0.3, 0.4) is 0 Å². The van der Waals surface area contributed by atoms with Crippen LogP contribution in [0.25, 0.3) is 0 Å². The number of benzene rings is 3. The summed E-state index contributed by atoms with van der Waals surface area (Å²) in [6.45, 7) is 3.93. The summed E-state index contributed by atoms with van der Waals surface area (Å²) >= 11 is 0. The number of carbonyl (C=O) groups excluding carboxylic acids is 1. The van der Waals surface area contributed by atoms with Gasteiger partial charge in [0.25, 0.3) is 0 Å². The fraction of sp³-hybridized carbons (Fsp3) is 0.424. The third-order valence-electron chi connectivity index (χ3n) is 9.15. The number of carbonyl (C=O) groups is 1. The van der Waals surface area contributed by atoms with E-state index in [4.69, 9.17) is 0 Å². The number of nitrogens with one attached hydrogen (secondary N) is 1. The van der Waals surface area contributed by atoms with Gasteiger partial charge in [0.1, 0.15) is 11.5 Å². The highest BCUT2D eigenvalue weighted by molar-refractivity contribution is 5.78. The number of phenols is 1. The first-order valence-corrected chi connectivity index (χ1v) is 14.0. The maximum Gasteiger partial charge on any atom is 0.132 e. The lowest BCUT2D eigenvalue weighted by atomic mass is 9.69. The van der Waals surface area contributed by atoms with Crippen molar-refractivity contribution >= 4 is 11.5 Å². The van der Waals surface area contributed by atoms with E-state index < -0.39 is 0 Å². The van der Waals surface area contributed by atoms with Gasteiger partial charge in [-0.25, -0.2) is 0 Å². The molecular weight excluding hydrogens is 456 g/mol. The Labute approximate surface area is 220 Å². The first-order chi connectivity index (χ1) is 18.0. The number of Topliss-reactive ketones (excluding diaryl/α,β-unsaturated/α-hetero) is 1. The Morgan fingerprint density at radius 3 is 2.30 bits per heavy atom. The van der Waals surface area contributed by atoms with E-state index in [0.29, 0.717) is 35.5 Å². The fourth-order valence-electron chi connectivity index (χ4n) is 7.05. The largest absolute Gasteiger partial charge is 0.508 e. The van der Waals surface area contributed by atoms with Gasteiger partial charge in [0.15, 0.2) is 0 Å². The van der Waals surface area contributed by atoms with E-state index in [9.17, 15) is 9.90 Å². The molecule has 3 aromatic rings. The van der Waals surface area contributed by atoms with Crippen LogP contribution in [0.4, 0.5) is 5.69 Å². The number of aryl methyl sites for hydroxylation is 1. The van der Waals surface area contributed by atoms with Gasteiger partial charge in [-0.1, -0.05) is 48.5 Å². The summed E-state index contributed by atoms with van der Waals surface area (Å²) < 4.78 is 0. The van der Waals surface area contributed by atoms with Crippen molar-refractivity contribution < 1.29 is 9.90 Å². The van der Waals surface area contributed by atoms with Crippen molar-refractivity contribution in [2.24, 2.45) is 5.92 Å².